The number of benzene rings is 1. The number of ether oxygens (including phenoxy) is 1. The van der Waals surface area contributed by atoms with Gasteiger partial charge < -0.3 is 15.2 Å². The Labute approximate surface area is 172 Å². The minimum Gasteiger partial charge on any atom is -0.485 e. The number of pyridine rings is 1. The molecule has 0 saturated carbocycles. The summed E-state index contributed by atoms with van der Waals surface area (Å²) >= 11 is 7.87. The van der Waals surface area contributed by atoms with Gasteiger partial charge in [-0.05, 0) is 43.2 Å². The van der Waals surface area contributed by atoms with Crippen LogP contribution < -0.4 is 10.1 Å². The fourth-order valence-corrected chi connectivity index (χ4v) is 5.00. The number of thiophene rings is 1. The van der Waals surface area contributed by atoms with E-state index in [4.69, 9.17) is 16.3 Å². The van der Waals surface area contributed by atoms with Crippen molar-refractivity contribution in [2.45, 2.75) is 38.6 Å². The zero-order valence-corrected chi connectivity index (χ0v) is 17.3. The summed E-state index contributed by atoms with van der Waals surface area (Å²) in [5.41, 5.74) is 3.42. The molecule has 0 aliphatic carbocycles. The summed E-state index contributed by atoms with van der Waals surface area (Å²) in [6.07, 6.45) is 0.284. The van der Waals surface area contributed by atoms with Gasteiger partial charge in [-0.3, -0.25) is 4.98 Å². The van der Waals surface area contributed by atoms with E-state index < -0.39 is 18.4 Å². The fourth-order valence-electron chi connectivity index (χ4n) is 3.51. The van der Waals surface area contributed by atoms with Crippen LogP contribution in [0.15, 0.2) is 30.5 Å². The average Bonchev–Trinajstić information content (AvgIpc) is 3.29. The summed E-state index contributed by atoms with van der Waals surface area (Å²) in [6, 6.07) is 7.52. The lowest BCUT2D eigenvalue weighted by molar-refractivity contribution is 0.140. The molecule has 28 heavy (non-hydrogen) atoms. The predicted molar refractivity (Wildman–Crippen MR) is 112 cm³/mol. The molecule has 3 atom stereocenters. The summed E-state index contributed by atoms with van der Waals surface area (Å²) < 4.78 is 21.2. The maximum Gasteiger partial charge on any atom is 0.150 e. The largest absolute Gasteiger partial charge is 0.485 e. The van der Waals surface area contributed by atoms with Crippen molar-refractivity contribution in [3.8, 4) is 16.9 Å². The van der Waals surface area contributed by atoms with Crippen LogP contribution in [0.2, 0.25) is 5.02 Å². The van der Waals surface area contributed by atoms with E-state index in [1.165, 1.54) is 11.3 Å². The highest BCUT2D eigenvalue weighted by Gasteiger charge is 2.30. The Kier molecular flexibility index (Phi) is 5.56. The second-order valence-electron chi connectivity index (χ2n) is 7.08. The number of aryl methyl sites for hydroxylation is 1. The fraction of sp³-hybridized carbons (Fsp3) is 0.381. The summed E-state index contributed by atoms with van der Waals surface area (Å²) in [5, 5.41) is 13.9. The highest BCUT2D eigenvalue weighted by molar-refractivity contribution is 7.19. The third kappa shape index (κ3) is 3.62. The molecular formula is C21H22ClFN2O2S. The van der Waals surface area contributed by atoms with E-state index >= 15 is 0 Å². The molecule has 4 rings (SSSR count). The van der Waals surface area contributed by atoms with Crippen molar-refractivity contribution >= 4 is 33.2 Å². The smallest absolute Gasteiger partial charge is 0.150 e. The van der Waals surface area contributed by atoms with E-state index in [0.717, 1.165) is 31.8 Å². The number of hydrogen-bond donors (Lipinski definition) is 2. The Bertz CT molecular complexity index is 1010. The third-order valence-corrected chi connectivity index (χ3v) is 6.51. The molecule has 1 saturated heterocycles. The highest BCUT2D eigenvalue weighted by Crippen LogP contribution is 2.43. The number of halogens is 2. The molecule has 7 heteroatoms. The van der Waals surface area contributed by atoms with Gasteiger partial charge in [0, 0.05) is 40.3 Å². The van der Waals surface area contributed by atoms with Gasteiger partial charge in [-0.2, -0.15) is 0 Å². The first kappa shape index (κ1) is 19.6. The van der Waals surface area contributed by atoms with Crippen LogP contribution in [0.5, 0.6) is 5.75 Å². The number of aromatic nitrogens is 1. The molecule has 2 aromatic heterocycles. The number of fused-ring (bicyclic) bond motifs is 1. The molecule has 1 fully saturated rings. The molecule has 3 aromatic rings. The normalized spacial score (nSPS) is 20.6. The molecule has 0 amide bonds. The number of aliphatic hydroxyl groups excluding tert-OH is 1. The molecule has 1 aromatic carbocycles. The van der Waals surface area contributed by atoms with Crippen molar-refractivity contribution in [3.63, 3.8) is 0 Å². The first-order valence-corrected chi connectivity index (χ1v) is 10.6. The Morgan fingerprint density at radius 3 is 2.89 bits per heavy atom. The Hall–Kier alpha value is -1.73. The van der Waals surface area contributed by atoms with Gasteiger partial charge >= 0.3 is 0 Å². The van der Waals surface area contributed by atoms with Crippen LogP contribution in [0.1, 0.15) is 29.9 Å². The second-order valence-corrected chi connectivity index (χ2v) is 8.60. The van der Waals surface area contributed by atoms with Crippen molar-refractivity contribution in [2.75, 3.05) is 13.1 Å². The quantitative estimate of drug-likeness (QED) is 0.606. The lowest BCUT2D eigenvalue weighted by Crippen LogP contribution is -2.27. The Morgan fingerprint density at radius 1 is 1.36 bits per heavy atom. The second kappa shape index (κ2) is 7.95. The number of rotatable bonds is 5. The maximum atomic E-state index is 14.2. The Morgan fingerprint density at radius 2 is 2.18 bits per heavy atom. The molecule has 3 heterocycles. The summed E-state index contributed by atoms with van der Waals surface area (Å²) in [6.45, 7) is 4.63. The van der Waals surface area contributed by atoms with E-state index in [-0.39, 0.29) is 0 Å². The first-order chi connectivity index (χ1) is 13.5. The zero-order valence-electron chi connectivity index (χ0n) is 15.7. The number of alkyl halides is 1. The summed E-state index contributed by atoms with van der Waals surface area (Å²) in [5.74, 6) is 0.638. The van der Waals surface area contributed by atoms with Gasteiger partial charge in [-0.15, -0.1) is 11.3 Å². The van der Waals surface area contributed by atoms with E-state index in [9.17, 15) is 9.50 Å². The molecule has 1 unspecified atom stereocenters. The monoisotopic (exact) mass is 420 g/mol. The number of aliphatic hydroxyl groups is 1. The van der Waals surface area contributed by atoms with Crippen LogP contribution in [0.25, 0.3) is 21.3 Å². The van der Waals surface area contributed by atoms with Crippen molar-refractivity contribution in [1.29, 1.82) is 0 Å². The maximum absolute atomic E-state index is 14.2. The molecule has 1 aliphatic heterocycles. The lowest BCUT2D eigenvalue weighted by Gasteiger charge is -2.20. The SMILES string of the molecule is CCC(O)c1cc2nccc(-c3cc(Cl)cc(C)c3O[C@@H]3CNC[C@@H]3F)c2s1. The van der Waals surface area contributed by atoms with E-state index in [1.807, 2.05) is 38.1 Å². The average molecular weight is 421 g/mol. The number of hydrogen-bond acceptors (Lipinski definition) is 5. The third-order valence-electron chi connectivity index (χ3n) is 5.03. The van der Waals surface area contributed by atoms with Crippen LogP contribution in [0.3, 0.4) is 0 Å². The summed E-state index contributed by atoms with van der Waals surface area (Å²) in [7, 11) is 0. The van der Waals surface area contributed by atoms with E-state index in [0.29, 0.717) is 30.3 Å². The van der Waals surface area contributed by atoms with Crippen LogP contribution in [0, 0.1) is 6.92 Å². The van der Waals surface area contributed by atoms with Crippen molar-refractivity contribution in [2.24, 2.45) is 0 Å². The van der Waals surface area contributed by atoms with Gasteiger partial charge in [0.1, 0.15) is 11.9 Å². The lowest BCUT2D eigenvalue weighted by atomic mass is 10.0. The Balaban J connectivity index is 1.85. The van der Waals surface area contributed by atoms with Crippen LogP contribution in [0.4, 0.5) is 4.39 Å². The number of nitrogens with one attached hydrogen (secondary N) is 1. The molecule has 0 spiro atoms. The van der Waals surface area contributed by atoms with Gasteiger partial charge in [-0.1, -0.05) is 18.5 Å². The predicted octanol–water partition coefficient (Wildman–Crippen LogP) is 5.06. The molecule has 4 nitrogen and oxygen atoms in total. The number of nitrogens with zero attached hydrogens (tertiary/aromatic N) is 1. The molecule has 1 aliphatic rings. The molecule has 0 bridgehead atoms. The van der Waals surface area contributed by atoms with Gasteiger partial charge in [0.05, 0.1) is 16.3 Å². The highest BCUT2D eigenvalue weighted by atomic mass is 35.5. The van der Waals surface area contributed by atoms with Gasteiger partial charge in [-0.25, -0.2) is 4.39 Å². The standard InChI is InChI=1S/C21H22ClFN2O2S/c1-3-17(26)19-8-16-21(28-19)13(4-5-25-16)14-7-12(22)6-11(2)20(14)27-18-10-24-9-15(18)23/h4-8,15,17-18,24,26H,3,9-10H2,1-2H3/t15-,17?,18+/m0/s1. The van der Waals surface area contributed by atoms with Crippen molar-refractivity contribution < 1.29 is 14.2 Å². The van der Waals surface area contributed by atoms with Crippen LogP contribution in [-0.2, 0) is 0 Å². The van der Waals surface area contributed by atoms with Crippen molar-refractivity contribution in [3.05, 3.63) is 45.9 Å². The van der Waals surface area contributed by atoms with E-state index in [2.05, 4.69) is 10.3 Å². The molecule has 0 radical (unpaired) electrons. The minimum atomic E-state index is -1.05. The minimum absolute atomic E-state index is 0.301. The van der Waals surface area contributed by atoms with Crippen LogP contribution in [-0.4, -0.2) is 35.5 Å². The molecule has 2 N–H and O–H groups in total. The molecule has 148 valence electrons. The van der Waals surface area contributed by atoms with Crippen LogP contribution >= 0.6 is 22.9 Å². The van der Waals surface area contributed by atoms with E-state index in [1.54, 1.807) is 6.20 Å². The first-order valence-electron chi connectivity index (χ1n) is 9.36. The zero-order chi connectivity index (χ0) is 19.8. The molecular weight excluding hydrogens is 399 g/mol. The topological polar surface area (TPSA) is 54.4 Å². The van der Waals surface area contributed by atoms with Gasteiger partial charge in [0.2, 0.25) is 0 Å². The van der Waals surface area contributed by atoms with Crippen molar-refractivity contribution in [1.82, 2.24) is 10.3 Å². The summed E-state index contributed by atoms with van der Waals surface area (Å²) in [4.78, 5) is 5.33. The van der Waals surface area contributed by atoms with Gasteiger partial charge in [0.25, 0.3) is 0 Å². The van der Waals surface area contributed by atoms with Gasteiger partial charge in [0.15, 0.2) is 6.17 Å².